The van der Waals surface area contributed by atoms with E-state index in [4.69, 9.17) is 19.9 Å². The van der Waals surface area contributed by atoms with Gasteiger partial charge in [0, 0.05) is 23.9 Å². The summed E-state index contributed by atoms with van der Waals surface area (Å²) in [5.41, 5.74) is 7.51. The van der Waals surface area contributed by atoms with Gasteiger partial charge >= 0.3 is 0 Å². The largest absolute Gasteiger partial charge is 0.497 e. The lowest BCUT2D eigenvalue weighted by Crippen LogP contribution is -1.98. The molecule has 0 spiro atoms. The quantitative estimate of drug-likeness (QED) is 0.821. The topological polar surface area (TPSA) is 53.7 Å². The van der Waals surface area contributed by atoms with Crippen LogP contribution in [-0.4, -0.2) is 13.7 Å². The molecule has 2 rings (SSSR count). The fourth-order valence-electron chi connectivity index (χ4n) is 1.82. The number of methoxy groups -OCH3 is 1. The summed E-state index contributed by atoms with van der Waals surface area (Å²) in [6.45, 7) is 3.00. The maximum absolute atomic E-state index is 5.82. The van der Waals surface area contributed by atoms with E-state index in [1.54, 1.807) is 19.2 Å². The van der Waals surface area contributed by atoms with Gasteiger partial charge in [0.1, 0.15) is 23.9 Å². The van der Waals surface area contributed by atoms with Gasteiger partial charge in [-0.05, 0) is 24.6 Å². The first-order valence-corrected chi connectivity index (χ1v) is 6.50. The lowest BCUT2D eigenvalue weighted by atomic mass is 10.2. The van der Waals surface area contributed by atoms with Crippen LogP contribution in [0.1, 0.15) is 12.5 Å². The first-order chi connectivity index (χ1) is 9.71. The summed E-state index contributed by atoms with van der Waals surface area (Å²) in [4.78, 5) is 0. The number of anilines is 1. The standard InChI is InChI=1S/C16H19NO3/c1-3-19-15-8-13(17)9-16(10-15)20-11-12-4-6-14(18-2)7-5-12/h4-10H,3,11,17H2,1-2H3. The molecule has 0 heterocycles. The molecule has 4 nitrogen and oxygen atoms in total. The van der Waals surface area contributed by atoms with Crippen molar-refractivity contribution in [3.05, 3.63) is 48.0 Å². The van der Waals surface area contributed by atoms with E-state index in [0.29, 0.717) is 24.7 Å². The molecule has 0 unspecified atom stereocenters. The molecule has 0 bridgehead atoms. The van der Waals surface area contributed by atoms with Crippen LogP contribution in [0.4, 0.5) is 5.69 Å². The first kappa shape index (κ1) is 14.1. The Morgan fingerprint density at radius 2 is 1.55 bits per heavy atom. The molecule has 0 aliphatic carbocycles. The number of nitrogens with two attached hydrogens (primary N) is 1. The van der Waals surface area contributed by atoms with Crippen molar-refractivity contribution < 1.29 is 14.2 Å². The Morgan fingerprint density at radius 3 is 2.15 bits per heavy atom. The molecule has 0 aliphatic heterocycles. The fourth-order valence-corrected chi connectivity index (χ4v) is 1.82. The van der Waals surface area contributed by atoms with Crippen molar-refractivity contribution in [2.24, 2.45) is 0 Å². The van der Waals surface area contributed by atoms with Gasteiger partial charge in [-0.25, -0.2) is 0 Å². The molecule has 0 radical (unpaired) electrons. The highest BCUT2D eigenvalue weighted by molar-refractivity contribution is 5.50. The van der Waals surface area contributed by atoms with Crippen LogP contribution in [-0.2, 0) is 6.61 Å². The molecular weight excluding hydrogens is 254 g/mol. The van der Waals surface area contributed by atoms with E-state index in [0.717, 1.165) is 17.1 Å². The van der Waals surface area contributed by atoms with Crippen LogP contribution in [0, 0.1) is 0 Å². The summed E-state index contributed by atoms with van der Waals surface area (Å²) in [5.74, 6) is 2.25. The van der Waals surface area contributed by atoms with Crippen LogP contribution < -0.4 is 19.9 Å². The van der Waals surface area contributed by atoms with Gasteiger partial charge in [0.2, 0.25) is 0 Å². The van der Waals surface area contributed by atoms with E-state index in [9.17, 15) is 0 Å². The van der Waals surface area contributed by atoms with Crippen LogP contribution in [0.2, 0.25) is 0 Å². The summed E-state index contributed by atoms with van der Waals surface area (Å²) >= 11 is 0. The van der Waals surface area contributed by atoms with E-state index in [2.05, 4.69) is 0 Å². The second kappa shape index (κ2) is 6.70. The molecule has 106 valence electrons. The van der Waals surface area contributed by atoms with Gasteiger partial charge in [-0.1, -0.05) is 12.1 Å². The van der Waals surface area contributed by atoms with Crippen LogP contribution in [0.25, 0.3) is 0 Å². The molecule has 0 saturated heterocycles. The van der Waals surface area contributed by atoms with Crippen molar-refractivity contribution >= 4 is 5.69 Å². The number of benzene rings is 2. The minimum Gasteiger partial charge on any atom is -0.497 e. The van der Waals surface area contributed by atoms with E-state index in [-0.39, 0.29) is 0 Å². The molecule has 0 amide bonds. The minimum absolute atomic E-state index is 0.471. The predicted octanol–water partition coefficient (Wildman–Crippen LogP) is 3.26. The Hall–Kier alpha value is -2.36. The summed E-state index contributed by atoms with van der Waals surface area (Å²) in [5, 5.41) is 0. The molecule has 2 aromatic carbocycles. The normalized spacial score (nSPS) is 10.1. The predicted molar refractivity (Wildman–Crippen MR) is 79.3 cm³/mol. The van der Waals surface area contributed by atoms with Gasteiger partial charge in [0.05, 0.1) is 13.7 Å². The number of hydrogen-bond acceptors (Lipinski definition) is 4. The molecule has 0 fully saturated rings. The molecule has 2 N–H and O–H groups in total. The van der Waals surface area contributed by atoms with Crippen LogP contribution in [0.3, 0.4) is 0 Å². The van der Waals surface area contributed by atoms with Crippen molar-refractivity contribution in [1.29, 1.82) is 0 Å². The summed E-state index contributed by atoms with van der Waals surface area (Å²) in [7, 11) is 1.65. The second-order valence-corrected chi connectivity index (χ2v) is 4.31. The van der Waals surface area contributed by atoms with E-state index < -0.39 is 0 Å². The first-order valence-electron chi connectivity index (χ1n) is 6.50. The fraction of sp³-hybridized carbons (Fsp3) is 0.250. The van der Waals surface area contributed by atoms with Crippen molar-refractivity contribution in [3.63, 3.8) is 0 Å². The minimum atomic E-state index is 0.471. The van der Waals surface area contributed by atoms with Crippen molar-refractivity contribution in [1.82, 2.24) is 0 Å². The van der Waals surface area contributed by atoms with Gasteiger partial charge in [-0.2, -0.15) is 0 Å². The van der Waals surface area contributed by atoms with Gasteiger partial charge in [0.15, 0.2) is 0 Å². The Kier molecular flexibility index (Phi) is 4.71. The van der Waals surface area contributed by atoms with E-state index in [1.807, 2.05) is 37.3 Å². The zero-order chi connectivity index (χ0) is 14.4. The second-order valence-electron chi connectivity index (χ2n) is 4.31. The number of nitrogen functional groups attached to an aromatic ring is 1. The van der Waals surface area contributed by atoms with Crippen LogP contribution >= 0.6 is 0 Å². The smallest absolute Gasteiger partial charge is 0.125 e. The molecule has 0 saturated carbocycles. The molecule has 0 aliphatic rings. The van der Waals surface area contributed by atoms with E-state index >= 15 is 0 Å². The Balaban J connectivity index is 2.02. The van der Waals surface area contributed by atoms with Crippen LogP contribution in [0.5, 0.6) is 17.2 Å². The van der Waals surface area contributed by atoms with Crippen molar-refractivity contribution in [3.8, 4) is 17.2 Å². The molecule has 0 aromatic heterocycles. The Labute approximate surface area is 119 Å². The highest BCUT2D eigenvalue weighted by Crippen LogP contribution is 2.25. The lowest BCUT2D eigenvalue weighted by molar-refractivity contribution is 0.299. The summed E-state index contributed by atoms with van der Waals surface area (Å²) in [6, 6.07) is 13.1. The van der Waals surface area contributed by atoms with Crippen LogP contribution in [0.15, 0.2) is 42.5 Å². The molecule has 2 aromatic rings. The van der Waals surface area contributed by atoms with Gasteiger partial charge in [0.25, 0.3) is 0 Å². The number of rotatable bonds is 6. The third-order valence-electron chi connectivity index (χ3n) is 2.78. The third-order valence-corrected chi connectivity index (χ3v) is 2.78. The highest BCUT2D eigenvalue weighted by Gasteiger charge is 2.02. The Morgan fingerprint density at radius 1 is 0.900 bits per heavy atom. The molecule has 0 atom stereocenters. The lowest BCUT2D eigenvalue weighted by Gasteiger charge is -2.10. The number of hydrogen-bond donors (Lipinski definition) is 1. The zero-order valence-electron chi connectivity index (χ0n) is 11.8. The summed E-state index contributed by atoms with van der Waals surface area (Å²) in [6.07, 6.45) is 0. The molecule has 4 heteroatoms. The van der Waals surface area contributed by atoms with Crippen molar-refractivity contribution in [2.75, 3.05) is 19.5 Å². The average Bonchev–Trinajstić information content (AvgIpc) is 2.45. The Bertz CT molecular complexity index is 552. The highest BCUT2D eigenvalue weighted by atomic mass is 16.5. The van der Waals surface area contributed by atoms with Crippen molar-refractivity contribution in [2.45, 2.75) is 13.5 Å². The van der Waals surface area contributed by atoms with Gasteiger partial charge in [-0.3, -0.25) is 0 Å². The maximum Gasteiger partial charge on any atom is 0.125 e. The van der Waals surface area contributed by atoms with E-state index in [1.165, 1.54) is 0 Å². The van der Waals surface area contributed by atoms with Gasteiger partial charge in [-0.15, -0.1) is 0 Å². The maximum atomic E-state index is 5.82. The summed E-state index contributed by atoms with van der Waals surface area (Å²) < 4.78 is 16.3. The number of ether oxygens (including phenoxy) is 3. The molecular formula is C16H19NO3. The third kappa shape index (κ3) is 3.82. The zero-order valence-corrected chi connectivity index (χ0v) is 11.8. The average molecular weight is 273 g/mol. The SMILES string of the molecule is CCOc1cc(N)cc(OCc2ccc(OC)cc2)c1. The monoisotopic (exact) mass is 273 g/mol. The van der Waals surface area contributed by atoms with Gasteiger partial charge < -0.3 is 19.9 Å². The molecule has 20 heavy (non-hydrogen) atoms.